The number of nitrogens with zero attached hydrogens (tertiary/aromatic N) is 2. The molecule has 1 unspecified atom stereocenters. The Balaban J connectivity index is 1.40. The van der Waals surface area contributed by atoms with E-state index in [9.17, 15) is 14.1 Å². The summed E-state index contributed by atoms with van der Waals surface area (Å²) in [6, 6.07) is 17.3. The van der Waals surface area contributed by atoms with E-state index in [1.165, 1.54) is 12.5 Å². The van der Waals surface area contributed by atoms with Crippen LogP contribution in [0.15, 0.2) is 71.8 Å². The van der Waals surface area contributed by atoms with Crippen LogP contribution in [-0.2, 0) is 0 Å². The van der Waals surface area contributed by atoms with Crippen LogP contribution in [0, 0.1) is 5.92 Å². The van der Waals surface area contributed by atoms with E-state index in [0.717, 1.165) is 18.5 Å². The minimum absolute atomic E-state index is 0.234. The second-order valence-electron chi connectivity index (χ2n) is 9.01. The summed E-state index contributed by atoms with van der Waals surface area (Å²) in [4.78, 5) is 32.1. The van der Waals surface area contributed by atoms with Gasteiger partial charge in [-0.2, -0.15) is 0 Å². The van der Waals surface area contributed by atoms with Crippen molar-refractivity contribution in [3.05, 3.63) is 77.4 Å². The third kappa shape index (κ3) is 7.36. The van der Waals surface area contributed by atoms with Gasteiger partial charge < -0.3 is 25.4 Å². The highest BCUT2D eigenvalue weighted by atomic mass is 35.5. The Bertz CT molecular complexity index is 1250. The van der Waals surface area contributed by atoms with Crippen molar-refractivity contribution in [2.75, 3.05) is 41.4 Å². The number of urea groups is 1. The van der Waals surface area contributed by atoms with Crippen molar-refractivity contribution in [2.24, 2.45) is 5.92 Å². The summed E-state index contributed by atoms with van der Waals surface area (Å²) in [5, 5.41) is 9.11. The molecule has 2 aromatic carbocycles. The predicted molar refractivity (Wildman–Crippen MR) is 150 cm³/mol. The summed E-state index contributed by atoms with van der Waals surface area (Å²) in [7, 11) is -2.78. The summed E-state index contributed by atoms with van der Waals surface area (Å²) >= 11 is 6.04. The number of aromatic nitrogens is 1. The van der Waals surface area contributed by atoms with Gasteiger partial charge in [0.05, 0.1) is 18.1 Å². The molecule has 2 heterocycles. The van der Waals surface area contributed by atoms with E-state index in [1.54, 1.807) is 30.3 Å². The molecule has 0 aliphatic carbocycles. The molecular formula is C26H31ClN5O4S+. The zero-order valence-corrected chi connectivity index (χ0v) is 22.0. The van der Waals surface area contributed by atoms with Gasteiger partial charge in [0.2, 0.25) is 0 Å². The van der Waals surface area contributed by atoms with E-state index in [2.05, 4.69) is 25.8 Å². The molecule has 1 aromatic heterocycles. The number of piperidine rings is 1. The van der Waals surface area contributed by atoms with Crippen LogP contribution in [0.3, 0.4) is 0 Å². The second kappa shape index (κ2) is 11.8. The molecule has 1 aliphatic heterocycles. The SMILES string of the molecule is CS(O)([OH2+])c1cnc(N2CCC(CNC(=O)Nc3ccccc3)CC2)c(NC(=O)c2cccc(Cl)c2)c1. The molecule has 0 spiro atoms. The predicted octanol–water partition coefficient (Wildman–Crippen LogP) is 4.93. The zero-order chi connectivity index (χ0) is 26.4. The van der Waals surface area contributed by atoms with Crippen LogP contribution < -0.4 is 20.9 Å². The van der Waals surface area contributed by atoms with Crippen molar-refractivity contribution in [2.45, 2.75) is 17.7 Å². The third-order valence-corrected chi connectivity index (χ3v) is 7.51. The number of benzene rings is 2. The number of carbonyl (C=O) groups excluding carboxylic acids is 2. The molecule has 0 radical (unpaired) electrons. The standard InChI is InChI=1S/C26H30ClN5O4S/c1-37(35,36)22-15-23(31-25(33)19-6-5-7-20(27)14-19)24(28-17-22)32-12-10-18(11-13-32)16-29-26(34)30-21-8-3-2-4-9-21/h2-9,14-15,17-18,35-36H,10-13,16H2,1H3,(H,31,33)(H2,29,30,34)/p+1. The molecule has 6 N–H and O–H groups in total. The van der Waals surface area contributed by atoms with E-state index in [-0.39, 0.29) is 11.9 Å². The summed E-state index contributed by atoms with van der Waals surface area (Å²) in [5.74, 6) is 0.529. The number of para-hydroxylation sites is 1. The number of halogens is 1. The Morgan fingerprint density at radius 3 is 2.51 bits per heavy atom. The van der Waals surface area contributed by atoms with Gasteiger partial charge in [-0.1, -0.05) is 46.5 Å². The van der Waals surface area contributed by atoms with Gasteiger partial charge in [0, 0.05) is 35.9 Å². The molecule has 9 nitrogen and oxygen atoms in total. The number of hydrogen-bond acceptors (Lipinski definition) is 5. The number of amides is 3. The first-order valence-electron chi connectivity index (χ1n) is 11.9. The molecule has 0 bridgehead atoms. The maximum Gasteiger partial charge on any atom is 0.319 e. The average molecular weight is 545 g/mol. The van der Waals surface area contributed by atoms with Crippen molar-refractivity contribution >= 4 is 51.3 Å². The summed E-state index contributed by atoms with van der Waals surface area (Å²) < 4.78 is 18.3. The molecule has 3 aromatic rings. The van der Waals surface area contributed by atoms with Crippen LogP contribution in [0.2, 0.25) is 5.02 Å². The quantitative estimate of drug-likeness (QED) is 0.313. The van der Waals surface area contributed by atoms with Crippen LogP contribution in [-0.4, -0.2) is 51.9 Å². The number of carbonyl (C=O) groups is 2. The largest absolute Gasteiger partial charge is 0.355 e. The second-order valence-corrected chi connectivity index (χ2v) is 11.7. The Morgan fingerprint density at radius 2 is 1.84 bits per heavy atom. The maximum atomic E-state index is 12.9. The van der Waals surface area contributed by atoms with Crippen LogP contribution >= 0.6 is 22.2 Å². The van der Waals surface area contributed by atoms with Crippen molar-refractivity contribution in [3.8, 4) is 0 Å². The van der Waals surface area contributed by atoms with E-state index in [0.29, 0.717) is 52.5 Å². The van der Waals surface area contributed by atoms with Gasteiger partial charge in [-0.15, -0.1) is 0 Å². The monoisotopic (exact) mass is 544 g/mol. The summed E-state index contributed by atoms with van der Waals surface area (Å²) in [6.45, 7) is 1.93. The average Bonchev–Trinajstić information content (AvgIpc) is 2.88. The van der Waals surface area contributed by atoms with Crippen LogP contribution in [0.4, 0.5) is 22.0 Å². The molecule has 1 fully saturated rings. The molecule has 3 amide bonds. The first kappa shape index (κ1) is 26.7. The fraction of sp³-hybridized carbons (Fsp3) is 0.269. The van der Waals surface area contributed by atoms with Crippen molar-refractivity contribution in [3.63, 3.8) is 0 Å². The lowest BCUT2D eigenvalue weighted by molar-refractivity contribution is 0.102. The van der Waals surface area contributed by atoms with Gasteiger partial charge in [-0.05, 0) is 55.2 Å². The molecule has 196 valence electrons. The fourth-order valence-corrected chi connectivity index (χ4v) is 4.90. The van der Waals surface area contributed by atoms with Gasteiger partial charge >= 0.3 is 6.03 Å². The topological polar surface area (TPSA) is 129 Å². The molecule has 4 rings (SSSR count). The van der Waals surface area contributed by atoms with E-state index in [1.807, 2.05) is 30.3 Å². The van der Waals surface area contributed by atoms with Gasteiger partial charge in [0.1, 0.15) is 4.90 Å². The van der Waals surface area contributed by atoms with Gasteiger partial charge in [0.15, 0.2) is 5.82 Å². The van der Waals surface area contributed by atoms with Gasteiger partial charge in [-0.3, -0.25) is 9.35 Å². The van der Waals surface area contributed by atoms with Crippen molar-refractivity contribution < 1.29 is 18.7 Å². The summed E-state index contributed by atoms with van der Waals surface area (Å²) in [6.07, 6.45) is 4.59. The van der Waals surface area contributed by atoms with E-state index in [4.69, 9.17) is 16.2 Å². The zero-order valence-electron chi connectivity index (χ0n) is 20.4. The number of anilines is 3. The first-order chi connectivity index (χ1) is 17.7. The van der Waals surface area contributed by atoms with Crippen molar-refractivity contribution in [1.82, 2.24) is 10.3 Å². The van der Waals surface area contributed by atoms with Crippen molar-refractivity contribution in [1.29, 1.82) is 0 Å². The van der Waals surface area contributed by atoms with E-state index < -0.39 is 10.6 Å². The van der Waals surface area contributed by atoms with Gasteiger partial charge in [-0.25, -0.2) is 9.78 Å². The molecule has 1 saturated heterocycles. The lowest BCUT2D eigenvalue weighted by Gasteiger charge is -2.34. The number of nitrogens with one attached hydrogen (secondary N) is 3. The summed E-state index contributed by atoms with van der Waals surface area (Å²) in [5.41, 5.74) is 1.57. The van der Waals surface area contributed by atoms with Gasteiger partial charge in [0.25, 0.3) is 5.91 Å². The Labute approximate surface area is 222 Å². The highest BCUT2D eigenvalue weighted by molar-refractivity contribution is 8.23. The normalized spacial score (nSPS) is 16.4. The lowest BCUT2D eigenvalue weighted by Crippen LogP contribution is -2.40. The Hall–Kier alpha value is -3.31. The molecule has 1 aliphatic rings. The van der Waals surface area contributed by atoms with Crippen LogP contribution in [0.1, 0.15) is 23.2 Å². The Morgan fingerprint density at radius 1 is 1.11 bits per heavy atom. The molecular weight excluding hydrogens is 514 g/mol. The van der Waals surface area contributed by atoms with Crippen LogP contribution in [0.25, 0.3) is 0 Å². The third-order valence-electron chi connectivity index (χ3n) is 6.13. The number of hydrogen-bond donors (Lipinski definition) is 4. The maximum absolute atomic E-state index is 12.9. The smallest absolute Gasteiger partial charge is 0.319 e. The molecule has 0 saturated carbocycles. The van der Waals surface area contributed by atoms with E-state index >= 15 is 0 Å². The highest BCUT2D eigenvalue weighted by Gasteiger charge is 2.25. The fourth-order valence-electron chi connectivity index (χ4n) is 4.11. The lowest BCUT2D eigenvalue weighted by atomic mass is 9.96. The molecule has 37 heavy (non-hydrogen) atoms. The van der Waals surface area contributed by atoms with Crippen LogP contribution in [0.5, 0.6) is 0 Å². The Kier molecular flexibility index (Phi) is 8.55. The minimum Gasteiger partial charge on any atom is -0.355 e. The number of rotatable bonds is 7. The number of pyridine rings is 1. The first-order valence-corrected chi connectivity index (χ1v) is 14.2. The molecule has 11 heteroatoms. The minimum atomic E-state index is -2.78. The molecule has 1 atom stereocenters. The highest BCUT2D eigenvalue weighted by Crippen LogP contribution is 2.45.